The number of fused-ring (bicyclic) bond motifs is 1. The van der Waals surface area contributed by atoms with Crippen LogP contribution in [-0.2, 0) is 11.2 Å². The van der Waals surface area contributed by atoms with Gasteiger partial charge in [-0.3, -0.25) is 4.79 Å². The summed E-state index contributed by atoms with van der Waals surface area (Å²) in [5.74, 6) is 0.159. The number of hydrogen-bond donors (Lipinski definition) is 0. The van der Waals surface area contributed by atoms with Crippen molar-refractivity contribution in [2.45, 2.75) is 13.3 Å². The van der Waals surface area contributed by atoms with Crippen LogP contribution >= 0.6 is 11.3 Å². The van der Waals surface area contributed by atoms with Crippen LogP contribution in [0, 0.1) is 6.92 Å². The van der Waals surface area contributed by atoms with Crippen LogP contribution in [0.2, 0.25) is 0 Å². The molecule has 0 spiro atoms. The standard InChI is InChI=1S/C13H12N2OS/c1-8-13(14-7-17-8)9-3-4-11-10(5-9)6-12(16)15(11)2/h3-5,7H,6H2,1-2H3. The summed E-state index contributed by atoms with van der Waals surface area (Å²) in [6.07, 6.45) is 0.503. The van der Waals surface area contributed by atoms with Gasteiger partial charge < -0.3 is 4.90 Å². The average Bonchev–Trinajstić information content (AvgIpc) is 2.84. The third kappa shape index (κ3) is 1.56. The van der Waals surface area contributed by atoms with Gasteiger partial charge in [0.05, 0.1) is 17.6 Å². The zero-order valence-electron chi connectivity index (χ0n) is 9.73. The van der Waals surface area contributed by atoms with Crippen LogP contribution in [0.4, 0.5) is 5.69 Å². The van der Waals surface area contributed by atoms with E-state index in [0.29, 0.717) is 6.42 Å². The van der Waals surface area contributed by atoms with Crippen molar-refractivity contribution in [2.75, 3.05) is 11.9 Å². The van der Waals surface area contributed by atoms with E-state index in [0.717, 1.165) is 22.5 Å². The molecule has 17 heavy (non-hydrogen) atoms. The Morgan fingerprint density at radius 2 is 2.24 bits per heavy atom. The van der Waals surface area contributed by atoms with E-state index in [2.05, 4.69) is 18.0 Å². The molecule has 0 saturated heterocycles. The van der Waals surface area contributed by atoms with E-state index in [9.17, 15) is 4.79 Å². The Hall–Kier alpha value is -1.68. The first-order valence-corrected chi connectivity index (χ1v) is 6.34. The van der Waals surface area contributed by atoms with Crippen molar-refractivity contribution >= 4 is 22.9 Å². The van der Waals surface area contributed by atoms with E-state index in [1.165, 1.54) is 4.88 Å². The number of carbonyl (C=O) groups excluding carboxylic acids is 1. The summed E-state index contributed by atoms with van der Waals surface area (Å²) in [6.45, 7) is 2.07. The molecular weight excluding hydrogens is 232 g/mol. The minimum Gasteiger partial charge on any atom is -0.315 e. The van der Waals surface area contributed by atoms with Gasteiger partial charge in [-0.1, -0.05) is 6.07 Å². The summed E-state index contributed by atoms with van der Waals surface area (Å²) >= 11 is 1.65. The number of benzene rings is 1. The largest absolute Gasteiger partial charge is 0.315 e. The molecule has 1 aromatic carbocycles. The van der Waals surface area contributed by atoms with Gasteiger partial charge >= 0.3 is 0 Å². The fourth-order valence-corrected chi connectivity index (χ4v) is 2.80. The monoisotopic (exact) mass is 244 g/mol. The number of nitrogens with zero attached hydrogens (tertiary/aromatic N) is 2. The number of carbonyl (C=O) groups is 1. The summed E-state index contributed by atoms with van der Waals surface area (Å²) in [6, 6.07) is 6.13. The third-order valence-corrected chi connectivity index (χ3v) is 3.93. The van der Waals surface area contributed by atoms with E-state index in [4.69, 9.17) is 0 Å². The minimum atomic E-state index is 0.159. The van der Waals surface area contributed by atoms with E-state index in [1.54, 1.807) is 16.2 Å². The second kappa shape index (κ2) is 3.67. The van der Waals surface area contributed by atoms with Gasteiger partial charge in [-0.15, -0.1) is 11.3 Å². The second-order valence-corrected chi connectivity index (χ2v) is 5.29. The lowest BCUT2D eigenvalue weighted by molar-refractivity contribution is -0.117. The zero-order chi connectivity index (χ0) is 12.0. The van der Waals surface area contributed by atoms with Gasteiger partial charge in [0.2, 0.25) is 5.91 Å². The molecule has 0 N–H and O–H groups in total. The SMILES string of the molecule is Cc1scnc1-c1ccc2c(c1)CC(=O)N2C. The molecule has 3 nitrogen and oxygen atoms in total. The second-order valence-electron chi connectivity index (χ2n) is 4.23. The van der Waals surface area contributed by atoms with Gasteiger partial charge in [0, 0.05) is 23.2 Å². The van der Waals surface area contributed by atoms with Crippen LogP contribution in [0.5, 0.6) is 0 Å². The Labute approximate surface area is 104 Å². The highest BCUT2D eigenvalue weighted by molar-refractivity contribution is 7.10. The number of rotatable bonds is 1. The molecule has 0 aliphatic carbocycles. The molecule has 3 rings (SSSR count). The van der Waals surface area contributed by atoms with E-state index in [1.807, 2.05) is 24.7 Å². The molecule has 0 unspecified atom stereocenters. The first kappa shape index (κ1) is 10.5. The fraction of sp³-hybridized carbons (Fsp3) is 0.231. The quantitative estimate of drug-likeness (QED) is 0.772. The highest BCUT2D eigenvalue weighted by Gasteiger charge is 2.24. The lowest BCUT2D eigenvalue weighted by atomic mass is 10.1. The zero-order valence-corrected chi connectivity index (χ0v) is 10.5. The van der Waals surface area contributed by atoms with Crippen molar-refractivity contribution in [3.8, 4) is 11.3 Å². The summed E-state index contributed by atoms with van der Waals surface area (Å²) < 4.78 is 0. The minimum absolute atomic E-state index is 0.159. The Morgan fingerprint density at radius 1 is 1.41 bits per heavy atom. The van der Waals surface area contributed by atoms with Crippen LogP contribution in [0.3, 0.4) is 0 Å². The number of aryl methyl sites for hydroxylation is 1. The van der Waals surface area contributed by atoms with E-state index < -0.39 is 0 Å². The van der Waals surface area contributed by atoms with Crippen molar-refractivity contribution < 1.29 is 4.79 Å². The maximum Gasteiger partial charge on any atom is 0.231 e. The summed E-state index contributed by atoms with van der Waals surface area (Å²) in [7, 11) is 1.82. The van der Waals surface area contributed by atoms with Gasteiger partial charge in [0.25, 0.3) is 0 Å². The highest BCUT2D eigenvalue weighted by atomic mass is 32.1. The van der Waals surface area contributed by atoms with Gasteiger partial charge in [0.15, 0.2) is 0 Å². The molecule has 0 bridgehead atoms. The molecule has 0 saturated carbocycles. The number of amides is 1. The van der Waals surface area contributed by atoms with Crippen molar-refractivity contribution in [1.82, 2.24) is 4.98 Å². The number of anilines is 1. The Balaban J connectivity index is 2.10. The Kier molecular flexibility index (Phi) is 2.26. The highest BCUT2D eigenvalue weighted by Crippen LogP contribution is 2.33. The molecule has 2 heterocycles. The molecule has 86 valence electrons. The van der Waals surface area contributed by atoms with E-state index in [-0.39, 0.29) is 5.91 Å². The average molecular weight is 244 g/mol. The van der Waals surface area contributed by atoms with Crippen LogP contribution in [-0.4, -0.2) is 17.9 Å². The normalized spacial score (nSPS) is 14.2. The Bertz CT molecular complexity index is 603. The third-order valence-electron chi connectivity index (χ3n) is 3.17. The fourth-order valence-electron chi connectivity index (χ4n) is 2.20. The van der Waals surface area contributed by atoms with Crippen molar-refractivity contribution in [1.29, 1.82) is 0 Å². The van der Waals surface area contributed by atoms with Crippen LogP contribution in [0.1, 0.15) is 10.4 Å². The maximum absolute atomic E-state index is 11.6. The number of hydrogen-bond acceptors (Lipinski definition) is 3. The molecule has 1 aromatic heterocycles. The molecule has 2 aromatic rings. The number of aromatic nitrogens is 1. The summed E-state index contributed by atoms with van der Waals surface area (Å²) in [5.41, 5.74) is 6.11. The summed E-state index contributed by atoms with van der Waals surface area (Å²) in [4.78, 5) is 18.9. The van der Waals surface area contributed by atoms with Gasteiger partial charge in [-0.25, -0.2) is 4.98 Å². The predicted molar refractivity (Wildman–Crippen MR) is 69.4 cm³/mol. The van der Waals surface area contributed by atoms with Gasteiger partial charge in [-0.05, 0) is 24.6 Å². The molecule has 1 aliphatic heterocycles. The lowest BCUT2D eigenvalue weighted by Crippen LogP contribution is -2.20. The molecule has 1 amide bonds. The topological polar surface area (TPSA) is 33.2 Å². The smallest absolute Gasteiger partial charge is 0.231 e. The van der Waals surface area contributed by atoms with Crippen LogP contribution in [0.25, 0.3) is 11.3 Å². The van der Waals surface area contributed by atoms with Crippen LogP contribution in [0.15, 0.2) is 23.7 Å². The van der Waals surface area contributed by atoms with Crippen molar-refractivity contribution in [3.63, 3.8) is 0 Å². The molecule has 1 aliphatic rings. The molecular formula is C13H12N2OS. The van der Waals surface area contributed by atoms with E-state index >= 15 is 0 Å². The summed E-state index contributed by atoms with van der Waals surface area (Å²) in [5, 5.41) is 0. The van der Waals surface area contributed by atoms with Gasteiger partial charge in [-0.2, -0.15) is 0 Å². The molecule has 0 radical (unpaired) electrons. The Morgan fingerprint density at radius 3 is 2.94 bits per heavy atom. The van der Waals surface area contributed by atoms with Crippen molar-refractivity contribution in [3.05, 3.63) is 34.2 Å². The first-order valence-electron chi connectivity index (χ1n) is 5.47. The van der Waals surface area contributed by atoms with Crippen LogP contribution < -0.4 is 4.90 Å². The molecule has 4 heteroatoms. The molecule has 0 atom stereocenters. The predicted octanol–water partition coefficient (Wildman–Crippen LogP) is 2.64. The molecule has 0 fully saturated rings. The number of thiazole rings is 1. The van der Waals surface area contributed by atoms with Gasteiger partial charge in [0.1, 0.15) is 0 Å². The maximum atomic E-state index is 11.6. The van der Waals surface area contributed by atoms with Crippen molar-refractivity contribution in [2.24, 2.45) is 0 Å². The number of likely N-dealkylation sites (N-methyl/N-ethyl adjacent to an activating group) is 1. The lowest BCUT2D eigenvalue weighted by Gasteiger charge is -2.10. The first-order chi connectivity index (χ1) is 8.16.